The topological polar surface area (TPSA) is 173 Å². The minimum Gasteiger partial charge on any atom is -0.361 e. The number of thiol groups is 2. The molecule has 0 heterocycles. The van der Waals surface area contributed by atoms with Gasteiger partial charge in [0.25, 0.3) is 10.5 Å². The molecular weight excluding hydrogens is 354 g/mol. The molecule has 0 aliphatic carbocycles. The first kappa shape index (κ1) is 33.2. The highest BCUT2D eigenvalue weighted by molar-refractivity contribution is 7.96. The summed E-state index contributed by atoms with van der Waals surface area (Å²) in [5.41, 5.74) is 4.34. The number of carbonyl (C=O) groups is 2. The Morgan fingerprint density at radius 1 is 1.09 bits per heavy atom. The molecule has 12 heteroatoms. The number of nitrogens with two attached hydrogens (primary N) is 1. The summed E-state index contributed by atoms with van der Waals surface area (Å²) in [7, 11) is -4.67. The first-order valence-electron chi connectivity index (χ1n) is 5.84. The maximum atomic E-state index is 10.4. The minimum atomic E-state index is -4.67. The van der Waals surface area contributed by atoms with Crippen LogP contribution >= 0.6 is 25.3 Å². The second-order valence-electron chi connectivity index (χ2n) is 3.97. The lowest BCUT2D eigenvalue weighted by atomic mass is 10.3. The van der Waals surface area contributed by atoms with Crippen LogP contribution in [0.1, 0.15) is 34.6 Å². The van der Waals surface area contributed by atoms with Gasteiger partial charge in [0.15, 0.2) is 0 Å². The summed E-state index contributed by atoms with van der Waals surface area (Å²) >= 11 is 6.75. The Bertz CT molecular complexity index is 344. The van der Waals surface area contributed by atoms with Gasteiger partial charge in [0, 0.05) is 13.1 Å². The summed E-state index contributed by atoms with van der Waals surface area (Å²) in [5.74, 6) is 0.833. The van der Waals surface area contributed by atoms with E-state index in [1.165, 1.54) is 0 Å². The molecule has 0 aromatic heterocycles. The van der Waals surface area contributed by atoms with Crippen molar-refractivity contribution in [1.29, 1.82) is 0 Å². The number of hydrogen-bond acceptors (Lipinski definition) is 5. The van der Waals surface area contributed by atoms with Gasteiger partial charge in [-0.3, -0.25) is 18.7 Å². The van der Waals surface area contributed by atoms with E-state index in [1.807, 2.05) is 13.8 Å². The van der Waals surface area contributed by atoms with Gasteiger partial charge >= 0.3 is 10.4 Å². The molecule has 22 heavy (non-hydrogen) atoms. The average Bonchev–Trinajstić information content (AvgIpc) is 2.13. The van der Waals surface area contributed by atoms with Crippen molar-refractivity contribution in [3.05, 3.63) is 0 Å². The Kier molecular flexibility index (Phi) is 30.9. The SMILES string of the molecule is CC(C)C.CCN(CC)C(=O)S.N.NC(=O)S.O=S(=O)(O)O. The minimum absolute atomic E-state index is 0. The Hall–Kier alpha value is -0.530. The molecule has 0 radical (unpaired) electrons. The zero-order valence-corrected chi connectivity index (χ0v) is 16.2. The lowest BCUT2D eigenvalue weighted by Gasteiger charge is -2.13. The molecule has 0 rings (SSSR count). The van der Waals surface area contributed by atoms with Crippen molar-refractivity contribution >= 4 is 46.1 Å². The van der Waals surface area contributed by atoms with Crippen molar-refractivity contribution in [3.63, 3.8) is 0 Å². The molecule has 0 aromatic rings. The molecule has 2 amide bonds. The van der Waals surface area contributed by atoms with Crippen LogP contribution < -0.4 is 11.9 Å². The van der Waals surface area contributed by atoms with Crippen molar-refractivity contribution in [2.45, 2.75) is 34.6 Å². The van der Waals surface area contributed by atoms with Crippen LogP contribution in [0.5, 0.6) is 0 Å². The molecule has 0 saturated carbocycles. The zero-order valence-electron chi connectivity index (χ0n) is 13.6. The van der Waals surface area contributed by atoms with Gasteiger partial charge in [0.2, 0.25) is 0 Å². The number of nitrogens with zero attached hydrogens (tertiary/aromatic N) is 1. The monoisotopic (exact) mass is 383 g/mol. The van der Waals surface area contributed by atoms with Crippen molar-refractivity contribution in [2.24, 2.45) is 11.7 Å². The quantitative estimate of drug-likeness (QED) is 0.314. The molecule has 0 aliphatic heterocycles. The lowest BCUT2D eigenvalue weighted by molar-refractivity contribution is 0.229. The first-order chi connectivity index (χ1) is 9.18. The third kappa shape index (κ3) is 119. The van der Waals surface area contributed by atoms with Gasteiger partial charge in [-0.2, -0.15) is 8.42 Å². The molecule has 0 unspecified atom stereocenters. The highest BCUT2D eigenvalue weighted by Crippen LogP contribution is 1.92. The van der Waals surface area contributed by atoms with Gasteiger partial charge in [-0.25, -0.2) is 0 Å². The van der Waals surface area contributed by atoms with E-state index in [4.69, 9.17) is 22.3 Å². The van der Waals surface area contributed by atoms with E-state index in [0.29, 0.717) is 0 Å². The van der Waals surface area contributed by atoms with Crippen LogP contribution in [0.2, 0.25) is 0 Å². The summed E-state index contributed by atoms with van der Waals surface area (Å²) in [6.07, 6.45) is 0. The zero-order chi connectivity index (χ0) is 18.2. The fraction of sp³-hybridized carbons (Fsp3) is 0.800. The van der Waals surface area contributed by atoms with Gasteiger partial charge in [-0.05, 0) is 19.8 Å². The van der Waals surface area contributed by atoms with Gasteiger partial charge in [-0.1, -0.05) is 46.0 Å². The van der Waals surface area contributed by atoms with Crippen LogP contribution in [-0.4, -0.2) is 46.0 Å². The Morgan fingerprint density at radius 2 is 1.23 bits per heavy atom. The third-order valence-electron chi connectivity index (χ3n) is 1.03. The standard InChI is InChI=1S/C5H11NOS.C4H10.CH3NOS.H3N.H2O4S/c1-3-6(4-2)5(7)8;1-4(2)3;2-1(3)4;;1-5(2,3)4/h3-4H2,1-2H3,(H,7,8);4H,1-3H3;(H3,2,3,4);1H3;(H2,1,2,3,4). The maximum Gasteiger partial charge on any atom is 0.394 e. The van der Waals surface area contributed by atoms with Gasteiger partial charge < -0.3 is 16.8 Å². The maximum absolute atomic E-state index is 10.4. The van der Waals surface area contributed by atoms with E-state index in [0.717, 1.165) is 19.0 Å². The molecule has 0 atom stereocenters. The molecule has 0 spiro atoms. The van der Waals surface area contributed by atoms with Gasteiger partial charge in [-0.15, -0.1) is 0 Å². The summed E-state index contributed by atoms with van der Waals surface area (Å²) in [6.45, 7) is 11.9. The van der Waals surface area contributed by atoms with E-state index in [9.17, 15) is 4.79 Å². The molecule has 0 bridgehead atoms. The Morgan fingerprint density at radius 3 is 1.23 bits per heavy atom. The third-order valence-corrected chi connectivity index (χ3v) is 1.32. The van der Waals surface area contributed by atoms with Crippen LogP contribution in [0.4, 0.5) is 9.59 Å². The van der Waals surface area contributed by atoms with E-state index >= 15 is 0 Å². The summed E-state index contributed by atoms with van der Waals surface area (Å²) in [5, 5.41) is -0.782. The predicted molar refractivity (Wildman–Crippen MR) is 95.6 cm³/mol. The molecule has 138 valence electrons. The fourth-order valence-electron chi connectivity index (χ4n) is 0.494. The fourth-order valence-corrected chi connectivity index (χ4v) is 0.777. The van der Waals surface area contributed by atoms with Crippen LogP contribution in [-0.2, 0) is 10.4 Å². The average molecular weight is 384 g/mol. The van der Waals surface area contributed by atoms with E-state index < -0.39 is 15.6 Å². The Balaban J connectivity index is -0.0000000606. The Labute approximate surface area is 144 Å². The van der Waals surface area contributed by atoms with Gasteiger partial charge in [0.05, 0.1) is 0 Å². The second-order valence-corrected chi connectivity index (χ2v) is 5.69. The molecule has 0 saturated heterocycles. The summed E-state index contributed by atoms with van der Waals surface area (Å²) in [6, 6.07) is 0. The second kappa shape index (κ2) is 20.5. The molecule has 7 N–H and O–H groups in total. The normalized spacial score (nSPS) is 8.64. The number of amides is 2. The van der Waals surface area contributed by atoms with Crippen LogP contribution in [0.3, 0.4) is 0 Å². The van der Waals surface area contributed by atoms with E-state index in [-0.39, 0.29) is 11.4 Å². The first-order valence-corrected chi connectivity index (χ1v) is 8.14. The van der Waals surface area contributed by atoms with E-state index in [2.05, 4.69) is 51.8 Å². The molecular formula is C10H29N3O6S3. The van der Waals surface area contributed by atoms with Crippen LogP contribution in [0, 0.1) is 5.92 Å². The summed E-state index contributed by atoms with van der Waals surface area (Å²) in [4.78, 5) is 21.1. The van der Waals surface area contributed by atoms with Crippen molar-refractivity contribution in [2.75, 3.05) is 13.1 Å². The highest BCUT2D eigenvalue weighted by atomic mass is 32.3. The van der Waals surface area contributed by atoms with E-state index in [1.54, 1.807) is 4.90 Å². The molecule has 0 aliphatic rings. The molecule has 0 fully saturated rings. The van der Waals surface area contributed by atoms with Gasteiger partial charge in [0.1, 0.15) is 0 Å². The number of rotatable bonds is 2. The number of primary amides is 1. The highest BCUT2D eigenvalue weighted by Gasteiger charge is 2.00. The molecule has 0 aromatic carbocycles. The largest absolute Gasteiger partial charge is 0.394 e. The smallest absolute Gasteiger partial charge is 0.361 e. The van der Waals surface area contributed by atoms with Crippen molar-refractivity contribution in [3.8, 4) is 0 Å². The lowest BCUT2D eigenvalue weighted by Crippen LogP contribution is -2.24. The van der Waals surface area contributed by atoms with Crippen molar-refractivity contribution < 1.29 is 27.1 Å². The number of hydrogen-bond donors (Lipinski definition) is 6. The van der Waals surface area contributed by atoms with Crippen LogP contribution in [0.15, 0.2) is 0 Å². The summed E-state index contributed by atoms with van der Waals surface area (Å²) < 4.78 is 31.6. The van der Waals surface area contributed by atoms with Crippen molar-refractivity contribution in [1.82, 2.24) is 11.1 Å². The number of carbonyl (C=O) groups excluding carboxylic acids is 2. The van der Waals surface area contributed by atoms with Crippen LogP contribution in [0.25, 0.3) is 0 Å². The predicted octanol–water partition coefficient (Wildman–Crippen LogP) is 2.54. The molecule has 9 nitrogen and oxygen atoms in total.